The van der Waals surface area contributed by atoms with E-state index in [0.29, 0.717) is 27.9 Å². The lowest BCUT2D eigenvalue weighted by Gasteiger charge is -2.03. The van der Waals surface area contributed by atoms with E-state index in [2.05, 4.69) is 4.98 Å². The van der Waals surface area contributed by atoms with Gasteiger partial charge in [0.2, 0.25) is 0 Å². The Kier molecular flexibility index (Phi) is 2.09. The summed E-state index contributed by atoms with van der Waals surface area (Å²) in [6.07, 6.45) is 2.14. The van der Waals surface area contributed by atoms with Crippen LogP contribution in [-0.2, 0) is 0 Å². The minimum absolute atomic E-state index is 0.389. The van der Waals surface area contributed by atoms with Crippen molar-refractivity contribution < 1.29 is 4.79 Å². The number of hydrogen-bond acceptors (Lipinski definition) is 3. The molecule has 0 aliphatic rings. The van der Waals surface area contributed by atoms with Gasteiger partial charge in [-0.3, -0.25) is 9.78 Å². The number of halogens is 1. The fraction of sp³-hybridized carbons (Fsp3) is 0. The second-order valence-electron chi connectivity index (χ2n) is 2.91. The molecule has 0 spiro atoms. The predicted molar refractivity (Wildman–Crippen MR) is 56.6 cm³/mol. The van der Waals surface area contributed by atoms with Gasteiger partial charge in [-0.1, -0.05) is 11.6 Å². The van der Waals surface area contributed by atoms with E-state index in [1.165, 1.54) is 6.20 Å². The van der Waals surface area contributed by atoms with Crippen LogP contribution < -0.4 is 5.73 Å². The number of hydrogen-bond donors (Lipinski definition) is 1. The molecular weight excluding hydrogens is 200 g/mol. The number of carbonyl (C=O) groups excluding carboxylic acids is 1. The third-order valence-corrected chi connectivity index (χ3v) is 2.26. The van der Waals surface area contributed by atoms with E-state index >= 15 is 0 Å². The molecule has 2 aromatic rings. The van der Waals surface area contributed by atoms with Crippen LogP contribution in [0.25, 0.3) is 10.9 Å². The molecule has 0 amide bonds. The van der Waals surface area contributed by atoms with Crippen molar-refractivity contribution in [2.24, 2.45) is 0 Å². The van der Waals surface area contributed by atoms with Gasteiger partial charge >= 0.3 is 0 Å². The van der Waals surface area contributed by atoms with Crippen LogP contribution in [0.1, 0.15) is 10.4 Å². The Hall–Kier alpha value is -1.61. The second-order valence-corrected chi connectivity index (χ2v) is 3.34. The first-order chi connectivity index (χ1) is 6.72. The summed E-state index contributed by atoms with van der Waals surface area (Å²) in [6, 6.07) is 5.20. The number of fused-ring (bicyclic) bond motifs is 1. The number of aromatic nitrogens is 1. The number of benzene rings is 1. The molecule has 0 unspecified atom stereocenters. The zero-order chi connectivity index (χ0) is 10.1. The van der Waals surface area contributed by atoms with Crippen LogP contribution in [0, 0.1) is 0 Å². The molecule has 0 radical (unpaired) electrons. The molecule has 0 aliphatic heterocycles. The average molecular weight is 207 g/mol. The maximum absolute atomic E-state index is 10.6. The van der Waals surface area contributed by atoms with Crippen molar-refractivity contribution in [3.8, 4) is 0 Å². The summed E-state index contributed by atoms with van der Waals surface area (Å²) in [5.74, 6) is 0. The van der Waals surface area contributed by atoms with Crippen LogP contribution in [0.3, 0.4) is 0 Å². The van der Waals surface area contributed by atoms with Crippen molar-refractivity contribution in [2.75, 3.05) is 5.73 Å². The standard InChI is InChI=1S/C10H7ClN2O/c11-7-1-2-9-8(3-7)10(12)6(5-14)4-13-9/h1-5H,(H2,12,13). The normalized spacial score (nSPS) is 10.4. The first-order valence-corrected chi connectivity index (χ1v) is 4.39. The van der Waals surface area contributed by atoms with Gasteiger partial charge in [0.1, 0.15) is 0 Å². The lowest BCUT2D eigenvalue weighted by Crippen LogP contribution is -1.95. The summed E-state index contributed by atoms with van der Waals surface area (Å²) in [5.41, 5.74) is 7.31. The molecule has 1 heterocycles. The fourth-order valence-corrected chi connectivity index (χ4v) is 1.47. The van der Waals surface area contributed by atoms with Crippen molar-refractivity contribution in [3.63, 3.8) is 0 Å². The van der Waals surface area contributed by atoms with Crippen molar-refractivity contribution in [2.45, 2.75) is 0 Å². The highest BCUT2D eigenvalue weighted by molar-refractivity contribution is 6.31. The summed E-state index contributed by atoms with van der Waals surface area (Å²) >= 11 is 5.81. The summed E-state index contributed by atoms with van der Waals surface area (Å²) < 4.78 is 0. The van der Waals surface area contributed by atoms with E-state index in [1.807, 2.05) is 0 Å². The Morgan fingerprint density at radius 1 is 1.43 bits per heavy atom. The van der Waals surface area contributed by atoms with Gasteiger partial charge in [-0.05, 0) is 18.2 Å². The predicted octanol–water partition coefficient (Wildman–Crippen LogP) is 2.28. The molecule has 0 fully saturated rings. The van der Waals surface area contributed by atoms with Crippen LogP contribution in [0.4, 0.5) is 5.69 Å². The Labute approximate surface area is 85.5 Å². The summed E-state index contributed by atoms with van der Waals surface area (Å²) in [4.78, 5) is 14.7. The largest absolute Gasteiger partial charge is 0.398 e. The minimum Gasteiger partial charge on any atom is -0.398 e. The zero-order valence-corrected chi connectivity index (χ0v) is 7.95. The van der Waals surface area contributed by atoms with E-state index in [0.717, 1.165) is 5.52 Å². The quantitative estimate of drug-likeness (QED) is 0.729. The number of aldehydes is 1. The Morgan fingerprint density at radius 3 is 2.93 bits per heavy atom. The number of pyridine rings is 1. The second kappa shape index (κ2) is 3.27. The minimum atomic E-state index is 0.389. The summed E-state index contributed by atoms with van der Waals surface area (Å²) in [6.45, 7) is 0. The highest BCUT2D eigenvalue weighted by Gasteiger charge is 2.04. The Bertz CT molecular complexity index is 511. The van der Waals surface area contributed by atoms with Crippen LogP contribution in [0.5, 0.6) is 0 Å². The average Bonchev–Trinajstić information content (AvgIpc) is 2.20. The zero-order valence-electron chi connectivity index (χ0n) is 7.20. The summed E-state index contributed by atoms with van der Waals surface area (Å²) in [5, 5.41) is 1.29. The van der Waals surface area contributed by atoms with Gasteiger partial charge < -0.3 is 5.73 Å². The lowest BCUT2D eigenvalue weighted by molar-refractivity contribution is 0.112. The highest BCUT2D eigenvalue weighted by atomic mass is 35.5. The number of nitrogens with zero attached hydrogens (tertiary/aromatic N) is 1. The molecule has 2 rings (SSSR count). The van der Waals surface area contributed by atoms with Gasteiger partial charge in [0.05, 0.1) is 16.8 Å². The van der Waals surface area contributed by atoms with Crippen molar-refractivity contribution in [1.82, 2.24) is 4.98 Å². The molecule has 3 nitrogen and oxygen atoms in total. The molecule has 0 bridgehead atoms. The molecule has 14 heavy (non-hydrogen) atoms. The van der Waals surface area contributed by atoms with E-state index < -0.39 is 0 Å². The molecule has 2 N–H and O–H groups in total. The first kappa shape index (κ1) is 8.97. The molecule has 1 aromatic heterocycles. The molecule has 0 saturated carbocycles. The van der Waals surface area contributed by atoms with Gasteiger partial charge in [0.25, 0.3) is 0 Å². The van der Waals surface area contributed by atoms with Crippen LogP contribution in [-0.4, -0.2) is 11.3 Å². The molecule has 0 aliphatic carbocycles. The maximum Gasteiger partial charge on any atom is 0.153 e. The Morgan fingerprint density at radius 2 is 2.21 bits per heavy atom. The number of rotatable bonds is 1. The number of nitrogens with two attached hydrogens (primary N) is 1. The molecule has 4 heteroatoms. The topological polar surface area (TPSA) is 56.0 Å². The third-order valence-electron chi connectivity index (χ3n) is 2.03. The van der Waals surface area contributed by atoms with Crippen LogP contribution in [0.15, 0.2) is 24.4 Å². The van der Waals surface area contributed by atoms with Gasteiger partial charge in [0, 0.05) is 16.6 Å². The third kappa shape index (κ3) is 1.32. The number of nitrogen functional groups attached to an aromatic ring is 1. The number of anilines is 1. The van der Waals surface area contributed by atoms with Gasteiger partial charge in [-0.25, -0.2) is 0 Å². The van der Waals surface area contributed by atoms with Crippen molar-refractivity contribution in [1.29, 1.82) is 0 Å². The molecule has 70 valence electrons. The summed E-state index contributed by atoms with van der Waals surface area (Å²) in [7, 11) is 0. The fourth-order valence-electron chi connectivity index (χ4n) is 1.29. The van der Waals surface area contributed by atoms with Gasteiger partial charge in [0.15, 0.2) is 6.29 Å². The number of carbonyl (C=O) groups is 1. The molecule has 0 saturated heterocycles. The maximum atomic E-state index is 10.6. The van der Waals surface area contributed by atoms with Crippen molar-refractivity contribution >= 4 is 34.5 Å². The first-order valence-electron chi connectivity index (χ1n) is 4.01. The van der Waals surface area contributed by atoms with Crippen LogP contribution >= 0.6 is 11.6 Å². The van der Waals surface area contributed by atoms with Gasteiger partial charge in [-0.15, -0.1) is 0 Å². The molecular formula is C10H7ClN2O. The molecule has 1 aromatic carbocycles. The van der Waals surface area contributed by atoms with E-state index in [4.69, 9.17) is 17.3 Å². The van der Waals surface area contributed by atoms with Gasteiger partial charge in [-0.2, -0.15) is 0 Å². The SMILES string of the molecule is Nc1c(C=O)cnc2ccc(Cl)cc12. The van der Waals surface area contributed by atoms with E-state index in [1.54, 1.807) is 18.2 Å². The van der Waals surface area contributed by atoms with Crippen molar-refractivity contribution in [3.05, 3.63) is 35.0 Å². The van der Waals surface area contributed by atoms with E-state index in [-0.39, 0.29) is 0 Å². The smallest absolute Gasteiger partial charge is 0.153 e. The van der Waals surface area contributed by atoms with E-state index in [9.17, 15) is 4.79 Å². The monoisotopic (exact) mass is 206 g/mol. The Balaban J connectivity index is 2.86. The molecule has 0 atom stereocenters. The van der Waals surface area contributed by atoms with Crippen LogP contribution in [0.2, 0.25) is 5.02 Å². The lowest BCUT2D eigenvalue weighted by atomic mass is 10.1. The highest BCUT2D eigenvalue weighted by Crippen LogP contribution is 2.24.